The molecule has 320 valence electrons. The molecule has 0 spiro atoms. The number of benzene rings is 1. The summed E-state index contributed by atoms with van der Waals surface area (Å²) in [5, 5.41) is 4.51. The molecule has 2 saturated carbocycles. The Morgan fingerprint density at radius 3 is 2.42 bits per heavy atom. The zero-order chi connectivity index (χ0) is 42.6. The highest BCUT2D eigenvalue weighted by Crippen LogP contribution is 2.41. The summed E-state index contributed by atoms with van der Waals surface area (Å²) in [5.41, 5.74) is -1.79. The van der Waals surface area contributed by atoms with Crippen molar-refractivity contribution in [2.45, 2.75) is 132 Å². The first-order valence-corrected chi connectivity index (χ1v) is 21.4. The van der Waals surface area contributed by atoms with Crippen LogP contribution in [0.2, 0.25) is 0 Å². The standard InChI is InChI=1S/C39H49FN6O12S/c1-5-22-13-14-39(22,35(51)43-59(54,55)25-9-10-25)42-32(48)29-15-24(57-37(53)44-17-21-7-6-8-27(40)26(21)20-44)19-46(29)33(49)28(41-36(52)58-38(2,3)4)11-12-31(47)45-18-23-16-30(45)34(50)56-23/h5-8,22-25,28-30H,1,9-20H2,2-4H3,(H,41,52)(H,42,48)(H,43,51). The van der Waals surface area contributed by atoms with Crippen LogP contribution in [0, 0.1) is 11.7 Å². The van der Waals surface area contributed by atoms with Crippen LogP contribution in [-0.4, -0.2) is 125 Å². The Labute approximate surface area is 340 Å². The Balaban J connectivity index is 1.13. The van der Waals surface area contributed by atoms with Crippen molar-refractivity contribution in [3.8, 4) is 0 Å². The van der Waals surface area contributed by atoms with E-state index >= 15 is 0 Å². The first kappa shape index (κ1) is 41.9. The predicted octanol–water partition coefficient (Wildman–Crippen LogP) is 1.51. The molecule has 7 unspecified atom stereocenters. The van der Waals surface area contributed by atoms with Crippen LogP contribution in [0.15, 0.2) is 30.9 Å². The third kappa shape index (κ3) is 8.58. The number of likely N-dealkylation sites (tertiary alicyclic amines) is 2. The number of hydrogen-bond donors (Lipinski definition) is 3. The number of carbonyl (C=O) groups excluding carboxylic acids is 7. The molecule has 6 aliphatic rings. The minimum atomic E-state index is -4.01. The van der Waals surface area contributed by atoms with Crippen LogP contribution in [0.3, 0.4) is 0 Å². The lowest BCUT2D eigenvalue weighted by Gasteiger charge is -2.47. The van der Waals surface area contributed by atoms with Gasteiger partial charge in [-0.05, 0) is 64.5 Å². The molecular weight excluding hydrogens is 796 g/mol. The average molecular weight is 845 g/mol. The van der Waals surface area contributed by atoms with Crippen molar-refractivity contribution < 1.29 is 60.6 Å². The molecule has 1 aromatic rings. The lowest BCUT2D eigenvalue weighted by molar-refractivity contribution is -0.157. The van der Waals surface area contributed by atoms with E-state index in [1.807, 2.05) is 0 Å². The number of amides is 6. The molecule has 0 radical (unpaired) electrons. The van der Waals surface area contributed by atoms with E-state index in [-0.39, 0.29) is 51.9 Å². The molecule has 4 heterocycles. The zero-order valence-corrected chi connectivity index (χ0v) is 33.9. The molecule has 1 aromatic carbocycles. The third-order valence-corrected chi connectivity index (χ3v) is 13.6. The molecule has 2 aliphatic carbocycles. The van der Waals surface area contributed by atoms with Crippen LogP contribution in [0.1, 0.15) is 83.3 Å². The minimum Gasteiger partial charge on any atom is -0.459 e. The number of alkyl carbamates (subject to hydrolysis) is 1. The van der Waals surface area contributed by atoms with Crippen LogP contribution in [0.4, 0.5) is 14.0 Å². The molecule has 2 bridgehead atoms. The maximum Gasteiger partial charge on any atom is 0.410 e. The molecule has 3 N–H and O–H groups in total. The van der Waals surface area contributed by atoms with Gasteiger partial charge >= 0.3 is 18.2 Å². The van der Waals surface area contributed by atoms with Gasteiger partial charge in [0.25, 0.3) is 5.91 Å². The van der Waals surface area contributed by atoms with Crippen molar-refractivity contribution >= 4 is 51.8 Å². The number of ether oxygens (including phenoxy) is 3. The first-order valence-electron chi connectivity index (χ1n) is 19.8. The maximum atomic E-state index is 14.6. The van der Waals surface area contributed by atoms with E-state index in [1.165, 1.54) is 28.0 Å². The van der Waals surface area contributed by atoms with Crippen molar-refractivity contribution in [1.82, 2.24) is 30.1 Å². The van der Waals surface area contributed by atoms with Crippen LogP contribution >= 0.6 is 0 Å². The molecule has 7 atom stereocenters. The van der Waals surface area contributed by atoms with E-state index in [0.717, 1.165) is 4.90 Å². The van der Waals surface area contributed by atoms with E-state index < -0.39 is 110 Å². The number of nitrogens with zero attached hydrogens (tertiary/aromatic N) is 3. The number of morpholine rings is 1. The highest BCUT2D eigenvalue weighted by molar-refractivity contribution is 7.91. The molecule has 6 amide bonds. The molecule has 3 saturated heterocycles. The summed E-state index contributed by atoms with van der Waals surface area (Å²) < 4.78 is 58.7. The number of fused-ring (bicyclic) bond motifs is 3. The van der Waals surface area contributed by atoms with Gasteiger partial charge < -0.3 is 34.6 Å². The number of halogens is 1. The van der Waals surface area contributed by atoms with E-state index in [1.54, 1.807) is 26.8 Å². The highest BCUT2D eigenvalue weighted by Gasteiger charge is 2.56. The fraction of sp³-hybridized carbons (Fsp3) is 0.615. The van der Waals surface area contributed by atoms with Gasteiger partial charge in [-0.15, -0.1) is 6.58 Å². The van der Waals surface area contributed by atoms with Gasteiger partial charge in [0, 0.05) is 37.3 Å². The van der Waals surface area contributed by atoms with Gasteiger partial charge in [0.05, 0.1) is 24.9 Å². The van der Waals surface area contributed by atoms with Crippen LogP contribution in [0.25, 0.3) is 0 Å². The number of esters is 1. The topological polar surface area (TPSA) is 227 Å². The van der Waals surface area contributed by atoms with Crippen molar-refractivity contribution in [2.75, 3.05) is 13.1 Å². The Morgan fingerprint density at radius 2 is 1.81 bits per heavy atom. The first-order chi connectivity index (χ1) is 27.8. The summed E-state index contributed by atoms with van der Waals surface area (Å²) in [5.74, 6) is -4.79. The molecular formula is C39H49FN6O12S. The molecule has 59 heavy (non-hydrogen) atoms. The Hall–Kier alpha value is -5.27. The summed E-state index contributed by atoms with van der Waals surface area (Å²) >= 11 is 0. The van der Waals surface area contributed by atoms with Crippen molar-refractivity contribution in [2.24, 2.45) is 5.92 Å². The molecule has 18 nitrogen and oxygen atoms in total. The quantitative estimate of drug-likeness (QED) is 0.155. The summed E-state index contributed by atoms with van der Waals surface area (Å²) in [7, 11) is -4.01. The van der Waals surface area contributed by atoms with Gasteiger partial charge in [-0.25, -0.2) is 27.2 Å². The second-order valence-corrected chi connectivity index (χ2v) is 19.1. The lowest BCUT2D eigenvalue weighted by atomic mass is 9.66. The van der Waals surface area contributed by atoms with Crippen molar-refractivity contribution in [3.05, 3.63) is 47.8 Å². The van der Waals surface area contributed by atoms with E-state index in [2.05, 4.69) is 21.9 Å². The molecule has 0 aromatic heterocycles. The lowest BCUT2D eigenvalue weighted by Crippen LogP contribution is -2.70. The van der Waals surface area contributed by atoms with Gasteiger partial charge in [0.2, 0.25) is 27.7 Å². The fourth-order valence-electron chi connectivity index (χ4n) is 8.44. The van der Waals surface area contributed by atoms with Crippen molar-refractivity contribution in [1.29, 1.82) is 0 Å². The van der Waals surface area contributed by atoms with Crippen LogP contribution in [0.5, 0.6) is 0 Å². The predicted molar refractivity (Wildman–Crippen MR) is 202 cm³/mol. The monoisotopic (exact) mass is 844 g/mol. The van der Waals surface area contributed by atoms with Gasteiger partial charge in [0.15, 0.2) is 0 Å². The summed E-state index contributed by atoms with van der Waals surface area (Å²) in [6, 6.07) is 0.849. The van der Waals surface area contributed by atoms with Gasteiger partial charge in [-0.3, -0.25) is 28.8 Å². The smallest absolute Gasteiger partial charge is 0.410 e. The van der Waals surface area contributed by atoms with E-state index in [4.69, 9.17) is 14.2 Å². The molecule has 20 heteroatoms. The zero-order valence-electron chi connectivity index (χ0n) is 33.1. The van der Waals surface area contributed by atoms with Crippen LogP contribution in [-0.2, 0) is 61.3 Å². The summed E-state index contributed by atoms with van der Waals surface area (Å²) in [6.45, 7) is 8.42. The molecule has 7 rings (SSSR count). The Kier molecular flexibility index (Phi) is 11.2. The summed E-state index contributed by atoms with van der Waals surface area (Å²) in [4.78, 5) is 98.7. The van der Waals surface area contributed by atoms with Gasteiger partial charge in [-0.1, -0.05) is 18.2 Å². The van der Waals surface area contributed by atoms with E-state index in [0.29, 0.717) is 36.8 Å². The number of rotatable bonds is 12. The molecule has 5 fully saturated rings. The third-order valence-electron chi connectivity index (χ3n) is 11.8. The normalized spacial score (nSPS) is 27.6. The maximum absolute atomic E-state index is 14.6. The van der Waals surface area contributed by atoms with Gasteiger partial charge in [0.1, 0.15) is 47.3 Å². The second-order valence-electron chi connectivity index (χ2n) is 17.1. The minimum absolute atomic E-state index is 0.0573. The van der Waals surface area contributed by atoms with Gasteiger partial charge in [-0.2, -0.15) is 0 Å². The van der Waals surface area contributed by atoms with Crippen LogP contribution < -0.4 is 15.4 Å². The van der Waals surface area contributed by atoms with Crippen molar-refractivity contribution in [3.63, 3.8) is 0 Å². The highest BCUT2D eigenvalue weighted by atomic mass is 32.2. The second kappa shape index (κ2) is 15.7. The Bertz CT molecular complexity index is 2070. The fourth-order valence-corrected chi connectivity index (χ4v) is 9.81. The molecule has 4 aliphatic heterocycles. The number of nitrogens with one attached hydrogen (secondary N) is 3. The number of carbonyl (C=O) groups is 7. The van der Waals surface area contributed by atoms with E-state index in [9.17, 15) is 46.4 Å². The summed E-state index contributed by atoms with van der Waals surface area (Å²) in [6.07, 6.45) is -1.18. The SMILES string of the molecule is C=CC1CCC1(NC(=O)C1CC(OC(=O)N2Cc3cccc(F)c3C2)CN1C(=O)C(CCC(=O)N1CC2CC1C(=O)O2)NC(=O)OC(C)(C)C)C(=O)NS(=O)(=O)C1CC1. The largest absolute Gasteiger partial charge is 0.459 e. The average Bonchev–Trinajstić information content (AvgIpc) is 3.43. The number of hydrogen-bond acceptors (Lipinski definition) is 12. The number of sulfonamides is 1. The Morgan fingerprint density at radius 1 is 1.07 bits per heavy atom.